The number of hydrogen-bond donors (Lipinski definition) is 1. The molecular weight excluding hydrogens is 392 g/mol. The molecule has 9 nitrogen and oxygen atoms in total. The lowest BCUT2D eigenvalue weighted by atomic mass is 9.95. The van der Waals surface area contributed by atoms with Crippen molar-refractivity contribution in [2.24, 2.45) is 5.92 Å². The SMILES string of the molecule is N#Cc1ccc(Cl)cc1NC(=O)C1CCN(c2cc(-n3cncn3)ncn2)CC1. The van der Waals surface area contributed by atoms with E-state index in [1.165, 1.54) is 12.7 Å². The van der Waals surface area contributed by atoms with Crippen molar-refractivity contribution in [2.75, 3.05) is 23.3 Å². The maximum atomic E-state index is 12.7. The van der Waals surface area contributed by atoms with Crippen LogP contribution >= 0.6 is 11.6 Å². The molecule has 146 valence electrons. The smallest absolute Gasteiger partial charge is 0.227 e. The Balaban J connectivity index is 1.40. The van der Waals surface area contributed by atoms with Crippen molar-refractivity contribution >= 4 is 29.0 Å². The van der Waals surface area contributed by atoms with Crippen molar-refractivity contribution in [1.82, 2.24) is 24.7 Å². The second-order valence-electron chi connectivity index (χ2n) is 6.63. The van der Waals surface area contributed by atoms with Crippen LogP contribution in [0, 0.1) is 17.2 Å². The molecule has 1 aliphatic heterocycles. The van der Waals surface area contributed by atoms with Crippen LogP contribution in [0.1, 0.15) is 18.4 Å². The van der Waals surface area contributed by atoms with Gasteiger partial charge < -0.3 is 10.2 Å². The molecule has 0 atom stereocenters. The van der Waals surface area contributed by atoms with Crippen molar-refractivity contribution < 1.29 is 4.79 Å². The molecular formula is C19H17ClN8O. The minimum absolute atomic E-state index is 0.102. The van der Waals surface area contributed by atoms with Gasteiger partial charge in [-0.05, 0) is 31.0 Å². The second kappa shape index (κ2) is 8.24. The fourth-order valence-corrected chi connectivity index (χ4v) is 3.46. The Kier molecular flexibility index (Phi) is 5.35. The van der Waals surface area contributed by atoms with E-state index in [4.69, 9.17) is 11.6 Å². The van der Waals surface area contributed by atoms with E-state index in [1.54, 1.807) is 29.2 Å². The monoisotopic (exact) mass is 408 g/mol. The molecule has 0 bridgehead atoms. The highest BCUT2D eigenvalue weighted by atomic mass is 35.5. The van der Waals surface area contributed by atoms with E-state index in [2.05, 4.69) is 36.3 Å². The summed E-state index contributed by atoms with van der Waals surface area (Å²) in [6.45, 7) is 1.37. The van der Waals surface area contributed by atoms with Crippen LogP contribution in [-0.4, -0.2) is 43.7 Å². The summed E-state index contributed by atoms with van der Waals surface area (Å²) in [7, 11) is 0. The minimum Gasteiger partial charge on any atom is -0.356 e. The third kappa shape index (κ3) is 4.17. The molecule has 10 heteroatoms. The summed E-state index contributed by atoms with van der Waals surface area (Å²) in [6.07, 6.45) is 5.87. The van der Waals surface area contributed by atoms with E-state index in [-0.39, 0.29) is 11.8 Å². The van der Waals surface area contributed by atoms with Crippen LogP contribution in [0.2, 0.25) is 5.02 Å². The van der Waals surface area contributed by atoms with Crippen molar-refractivity contribution in [3.05, 3.63) is 53.8 Å². The van der Waals surface area contributed by atoms with Crippen LogP contribution in [-0.2, 0) is 4.79 Å². The van der Waals surface area contributed by atoms with Gasteiger partial charge in [0.05, 0.1) is 11.3 Å². The van der Waals surface area contributed by atoms with Crippen molar-refractivity contribution in [1.29, 1.82) is 5.26 Å². The average molecular weight is 409 g/mol. The number of nitrogens with zero attached hydrogens (tertiary/aromatic N) is 7. The number of halogens is 1. The summed E-state index contributed by atoms with van der Waals surface area (Å²) in [5.41, 5.74) is 0.836. The van der Waals surface area contributed by atoms with E-state index in [0.29, 0.717) is 48.0 Å². The topological polar surface area (TPSA) is 113 Å². The number of carbonyl (C=O) groups is 1. The van der Waals surface area contributed by atoms with Gasteiger partial charge in [-0.2, -0.15) is 10.4 Å². The Morgan fingerprint density at radius 2 is 1.97 bits per heavy atom. The number of rotatable bonds is 4. The Bertz CT molecular complexity index is 1050. The Morgan fingerprint density at radius 3 is 2.69 bits per heavy atom. The lowest BCUT2D eigenvalue weighted by Crippen LogP contribution is -2.38. The molecule has 1 fully saturated rings. The number of aromatic nitrogens is 5. The largest absolute Gasteiger partial charge is 0.356 e. The predicted octanol–water partition coefficient (Wildman–Crippen LogP) is 2.44. The van der Waals surface area contributed by atoms with E-state index < -0.39 is 0 Å². The molecule has 0 aliphatic carbocycles. The van der Waals surface area contributed by atoms with Crippen molar-refractivity contribution in [3.8, 4) is 11.9 Å². The van der Waals surface area contributed by atoms with Crippen LogP contribution in [0.5, 0.6) is 0 Å². The third-order valence-corrected chi connectivity index (χ3v) is 5.08. The molecule has 1 amide bonds. The van der Waals surface area contributed by atoms with Crippen LogP contribution in [0.25, 0.3) is 5.82 Å². The van der Waals surface area contributed by atoms with Gasteiger partial charge in [0, 0.05) is 30.1 Å². The molecule has 0 radical (unpaired) electrons. The fraction of sp³-hybridized carbons (Fsp3) is 0.263. The van der Waals surface area contributed by atoms with Gasteiger partial charge in [0.15, 0.2) is 5.82 Å². The third-order valence-electron chi connectivity index (χ3n) is 4.84. The highest BCUT2D eigenvalue weighted by Gasteiger charge is 2.26. The van der Waals surface area contributed by atoms with Gasteiger partial charge in [0.25, 0.3) is 0 Å². The minimum atomic E-state index is -0.145. The van der Waals surface area contributed by atoms with E-state index >= 15 is 0 Å². The second-order valence-corrected chi connectivity index (χ2v) is 7.06. The number of anilines is 2. The zero-order valence-electron chi connectivity index (χ0n) is 15.4. The van der Waals surface area contributed by atoms with Gasteiger partial charge >= 0.3 is 0 Å². The Labute approximate surface area is 172 Å². The van der Waals surface area contributed by atoms with Gasteiger partial charge in [-0.25, -0.2) is 19.6 Å². The molecule has 1 saturated heterocycles. The Morgan fingerprint density at radius 1 is 1.17 bits per heavy atom. The molecule has 3 heterocycles. The first-order valence-electron chi connectivity index (χ1n) is 9.06. The van der Waals surface area contributed by atoms with Crippen molar-refractivity contribution in [3.63, 3.8) is 0 Å². The van der Waals surface area contributed by atoms with Crippen LogP contribution in [0.15, 0.2) is 43.2 Å². The molecule has 1 aromatic carbocycles. The summed E-state index contributed by atoms with van der Waals surface area (Å²) < 4.78 is 1.57. The summed E-state index contributed by atoms with van der Waals surface area (Å²) in [6, 6.07) is 8.74. The molecule has 0 unspecified atom stereocenters. The number of nitrogens with one attached hydrogen (secondary N) is 1. The Hall–Kier alpha value is -3.51. The summed E-state index contributed by atoms with van der Waals surface area (Å²) in [5.74, 6) is 1.17. The standard InChI is InChI=1S/C19H17ClN8O/c20-15-2-1-14(9-21)16(7-15)26-19(29)13-3-5-27(6-4-13)17-8-18(24-11-23-17)28-12-22-10-25-28/h1-2,7-8,10-13H,3-6H2,(H,26,29). The van der Waals surface area contributed by atoms with Gasteiger partial charge in [-0.3, -0.25) is 4.79 Å². The predicted molar refractivity (Wildman–Crippen MR) is 107 cm³/mol. The lowest BCUT2D eigenvalue weighted by Gasteiger charge is -2.32. The summed E-state index contributed by atoms with van der Waals surface area (Å²) in [4.78, 5) is 27.3. The first-order chi connectivity index (χ1) is 14.1. The molecule has 2 aromatic heterocycles. The highest BCUT2D eigenvalue weighted by Crippen LogP contribution is 2.25. The van der Waals surface area contributed by atoms with Gasteiger partial charge in [-0.15, -0.1) is 0 Å². The number of nitriles is 1. The number of amides is 1. The molecule has 0 saturated carbocycles. The lowest BCUT2D eigenvalue weighted by molar-refractivity contribution is -0.120. The maximum Gasteiger partial charge on any atom is 0.227 e. The number of carbonyl (C=O) groups excluding carboxylic acids is 1. The van der Waals surface area contributed by atoms with Crippen LogP contribution in [0.4, 0.5) is 11.5 Å². The first-order valence-corrected chi connectivity index (χ1v) is 9.44. The fourth-order valence-electron chi connectivity index (χ4n) is 3.28. The number of piperidine rings is 1. The van der Waals surface area contributed by atoms with E-state index in [9.17, 15) is 10.1 Å². The maximum absolute atomic E-state index is 12.7. The normalized spacial score (nSPS) is 14.4. The van der Waals surface area contributed by atoms with E-state index in [1.807, 2.05) is 6.07 Å². The quantitative estimate of drug-likeness (QED) is 0.705. The van der Waals surface area contributed by atoms with Crippen LogP contribution in [0.3, 0.4) is 0 Å². The zero-order valence-corrected chi connectivity index (χ0v) is 16.1. The van der Waals surface area contributed by atoms with Gasteiger partial charge in [0.2, 0.25) is 5.91 Å². The molecule has 1 N–H and O–H groups in total. The van der Waals surface area contributed by atoms with Crippen LogP contribution < -0.4 is 10.2 Å². The molecule has 4 rings (SSSR count). The summed E-state index contributed by atoms with van der Waals surface area (Å²) in [5, 5.41) is 16.6. The average Bonchev–Trinajstić information content (AvgIpc) is 3.29. The summed E-state index contributed by atoms with van der Waals surface area (Å²) >= 11 is 5.99. The van der Waals surface area contributed by atoms with Gasteiger partial charge in [0.1, 0.15) is 30.9 Å². The zero-order chi connectivity index (χ0) is 20.2. The van der Waals surface area contributed by atoms with E-state index in [0.717, 1.165) is 5.82 Å². The number of hydrogen-bond acceptors (Lipinski definition) is 7. The van der Waals surface area contributed by atoms with Gasteiger partial charge in [-0.1, -0.05) is 11.6 Å². The first kappa shape index (κ1) is 18.8. The number of benzene rings is 1. The molecule has 3 aromatic rings. The molecule has 29 heavy (non-hydrogen) atoms. The van der Waals surface area contributed by atoms with Crippen molar-refractivity contribution in [2.45, 2.75) is 12.8 Å². The highest BCUT2D eigenvalue weighted by molar-refractivity contribution is 6.31. The molecule has 1 aliphatic rings. The molecule has 0 spiro atoms.